The number of benzene rings is 1. The molecule has 178 valence electrons. The molecular weight excluding hydrogens is 439 g/mol. The molecule has 1 aliphatic heterocycles. The minimum Gasteiger partial charge on any atom is -0.379 e. The van der Waals surface area contributed by atoms with Crippen LogP contribution in [-0.2, 0) is 28.7 Å². The summed E-state index contributed by atoms with van der Waals surface area (Å²) in [6.45, 7) is 4.94. The first kappa shape index (κ1) is 23.3. The number of hydrogen-bond donors (Lipinski definition) is 2. The third-order valence-corrected chi connectivity index (χ3v) is 5.89. The second-order valence-electron chi connectivity index (χ2n) is 8.18. The molecule has 1 fully saturated rings. The minimum atomic E-state index is -5.08. The van der Waals surface area contributed by atoms with Gasteiger partial charge in [-0.25, -0.2) is 4.98 Å². The van der Waals surface area contributed by atoms with Gasteiger partial charge < -0.3 is 24.3 Å². The second-order valence-corrected chi connectivity index (χ2v) is 8.18. The van der Waals surface area contributed by atoms with E-state index >= 15 is 0 Å². The number of aromatic nitrogens is 3. The highest BCUT2D eigenvalue weighted by molar-refractivity contribution is 5.94. The Morgan fingerprint density at radius 1 is 1.18 bits per heavy atom. The zero-order valence-electron chi connectivity index (χ0n) is 18.2. The van der Waals surface area contributed by atoms with Crippen LogP contribution in [0.5, 0.6) is 0 Å². The number of hydrogen-bond acceptors (Lipinski definition) is 5. The Labute approximate surface area is 188 Å². The Kier molecular flexibility index (Phi) is 6.46. The van der Waals surface area contributed by atoms with Gasteiger partial charge in [-0.15, -0.1) is 0 Å². The number of morpholine rings is 1. The van der Waals surface area contributed by atoms with Crippen molar-refractivity contribution in [2.75, 3.05) is 38.2 Å². The average molecular weight is 465 g/mol. The fourth-order valence-electron chi connectivity index (χ4n) is 4.05. The summed E-state index contributed by atoms with van der Waals surface area (Å²) in [5.74, 6) is -1.61. The standard InChI is InChI=1S/C22H26F3N5O3/c1-28-7-5-26-20(28)21(32,22(23,24)25)15-19(31)27-17-2-3-18-16(14-17)4-6-30(18)9-8-29-10-12-33-13-11-29/h2-7,14,32H,8-13,15H2,1H3,(H,27,31). The van der Waals surface area contributed by atoms with Gasteiger partial charge in [0, 0.05) is 68.4 Å². The lowest BCUT2D eigenvalue weighted by Crippen LogP contribution is -2.46. The van der Waals surface area contributed by atoms with Crippen molar-refractivity contribution in [1.29, 1.82) is 0 Å². The van der Waals surface area contributed by atoms with Crippen molar-refractivity contribution in [3.63, 3.8) is 0 Å². The number of carbonyl (C=O) groups excluding carboxylic acids is 1. The molecule has 1 amide bonds. The molecule has 0 spiro atoms. The molecule has 1 saturated heterocycles. The van der Waals surface area contributed by atoms with Gasteiger partial charge in [0.15, 0.2) is 5.82 Å². The van der Waals surface area contributed by atoms with Crippen LogP contribution in [0.25, 0.3) is 10.9 Å². The van der Waals surface area contributed by atoms with Gasteiger partial charge in [0.1, 0.15) is 0 Å². The number of aliphatic hydroxyl groups is 1. The lowest BCUT2D eigenvalue weighted by Gasteiger charge is -2.29. The number of carbonyl (C=O) groups is 1. The molecule has 1 aliphatic rings. The maximum Gasteiger partial charge on any atom is 0.425 e. The zero-order chi connectivity index (χ0) is 23.6. The number of imidazole rings is 1. The highest BCUT2D eigenvalue weighted by atomic mass is 19.4. The van der Waals surface area contributed by atoms with E-state index in [1.807, 2.05) is 18.3 Å². The normalized spacial score (nSPS) is 17.2. The highest BCUT2D eigenvalue weighted by Gasteiger charge is 2.58. The van der Waals surface area contributed by atoms with Crippen molar-refractivity contribution in [3.8, 4) is 0 Å². The summed E-state index contributed by atoms with van der Waals surface area (Å²) in [7, 11) is 1.33. The number of anilines is 1. The van der Waals surface area contributed by atoms with Gasteiger partial charge in [0.25, 0.3) is 0 Å². The van der Waals surface area contributed by atoms with Gasteiger partial charge in [-0.2, -0.15) is 13.2 Å². The van der Waals surface area contributed by atoms with Gasteiger partial charge in [-0.3, -0.25) is 9.69 Å². The van der Waals surface area contributed by atoms with E-state index < -0.39 is 29.9 Å². The van der Waals surface area contributed by atoms with E-state index in [9.17, 15) is 23.1 Å². The predicted molar refractivity (Wildman–Crippen MR) is 116 cm³/mol. The van der Waals surface area contributed by atoms with E-state index in [0.29, 0.717) is 5.69 Å². The van der Waals surface area contributed by atoms with Gasteiger partial charge in [0.2, 0.25) is 11.5 Å². The highest BCUT2D eigenvalue weighted by Crippen LogP contribution is 2.41. The Hall–Kier alpha value is -2.89. The van der Waals surface area contributed by atoms with E-state index in [2.05, 4.69) is 19.8 Å². The molecule has 0 saturated carbocycles. The lowest BCUT2D eigenvalue weighted by atomic mass is 9.97. The largest absolute Gasteiger partial charge is 0.425 e. The van der Waals surface area contributed by atoms with Crippen LogP contribution in [0.2, 0.25) is 0 Å². The fourth-order valence-corrected chi connectivity index (χ4v) is 4.05. The molecule has 33 heavy (non-hydrogen) atoms. The minimum absolute atomic E-state index is 0.350. The first-order valence-electron chi connectivity index (χ1n) is 10.6. The van der Waals surface area contributed by atoms with Crippen molar-refractivity contribution < 1.29 is 27.8 Å². The summed E-state index contributed by atoms with van der Waals surface area (Å²) in [6.07, 6.45) is -1.92. The first-order chi connectivity index (χ1) is 15.7. The monoisotopic (exact) mass is 465 g/mol. The summed E-state index contributed by atoms with van der Waals surface area (Å²) in [5.41, 5.74) is -2.09. The third-order valence-electron chi connectivity index (χ3n) is 5.89. The Balaban J connectivity index is 1.45. The van der Waals surface area contributed by atoms with Crippen LogP contribution >= 0.6 is 0 Å². The van der Waals surface area contributed by atoms with Crippen molar-refractivity contribution in [1.82, 2.24) is 19.0 Å². The summed E-state index contributed by atoms with van der Waals surface area (Å²) in [4.78, 5) is 18.4. The van der Waals surface area contributed by atoms with E-state index in [1.165, 1.54) is 13.2 Å². The van der Waals surface area contributed by atoms with Crippen LogP contribution in [0.1, 0.15) is 12.2 Å². The molecule has 1 atom stereocenters. The summed E-state index contributed by atoms with van der Waals surface area (Å²) >= 11 is 0. The quantitative estimate of drug-likeness (QED) is 0.560. The van der Waals surface area contributed by atoms with E-state index in [1.54, 1.807) is 12.1 Å². The Morgan fingerprint density at radius 2 is 1.94 bits per heavy atom. The first-order valence-corrected chi connectivity index (χ1v) is 10.6. The van der Waals surface area contributed by atoms with Gasteiger partial charge >= 0.3 is 6.18 Å². The average Bonchev–Trinajstić information content (AvgIpc) is 3.38. The van der Waals surface area contributed by atoms with E-state index in [-0.39, 0.29) is 0 Å². The van der Waals surface area contributed by atoms with Crippen LogP contribution in [0, 0.1) is 0 Å². The SMILES string of the molecule is Cn1ccnc1C(O)(CC(=O)Nc1ccc2c(ccn2CCN2CCOCC2)c1)C(F)(F)F. The summed E-state index contributed by atoms with van der Waals surface area (Å²) < 4.78 is 49.5. The summed E-state index contributed by atoms with van der Waals surface area (Å²) in [5, 5.41) is 13.7. The van der Waals surface area contributed by atoms with E-state index in [0.717, 1.165) is 61.1 Å². The van der Waals surface area contributed by atoms with Crippen LogP contribution < -0.4 is 5.32 Å². The predicted octanol–water partition coefficient (Wildman–Crippen LogP) is 2.49. The molecule has 0 aliphatic carbocycles. The number of ether oxygens (including phenoxy) is 1. The van der Waals surface area contributed by atoms with Crippen molar-refractivity contribution in [2.24, 2.45) is 7.05 Å². The molecule has 1 unspecified atom stereocenters. The molecule has 8 nitrogen and oxygen atoms in total. The number of amides is 1. The molecule has 2 N–H and O–H groups in total. The second kappa shape index (κ2) is 9.16. The molecule has 4 rings (SSSR count). The molecule has 2 aromatic heterocycles. The fraction of sp³-hybridized carbons (Fsp3) is 0.455. The number of nitrogens with zero attached hydrogens (tertiary/aromatic N) is 4. The van der Waals surface area contributed by atoms with Crippen LogP contribution in [0.4, 0.5) is 18.9 Å². The summed E-state index contributed by atoms with van der Waals surface area (Å²) in [6, 6.07) is 7.05. The van der Waals surface area contributed by atoms with Gasteiger partial charge in [0.05, 0.1) is 19.6 Å². The van der Waals surface area contributed by atoms with Gasteiger partial charge in [-0.1, -0.05) is 0 Å². The molecular formula is C22H26F3N5O3. The molecule has 3 aromatic rings. The van der Waals surface area contributed by atoms with Crippen molar-refractivity contribution >= 4 is 22.5 Å². The maximum atomic E-state index is 13.7. The third kappa shape index (κ3) is 4.90. The van der Waals surface area contributed by atoms with Crippen LogP contribution in [0.3, 0.4) is 0 Å². The number of alkyl halides is 3. The Morgan fingerprint density at radius 3 is 2.61 bits per heavy atom. The van der Waals surface area contributed by atoms with Crippen LogP contribution in [0.15, 0.2) is 42.9 Å². The number of fused-ring (bicyclic) bond motifs is 1. The smallest absolute Gasteiger partial charge is 0.379 e. The van der Waals surface area contributed by atoms with E-state index in [4.69, 9.17) is 4.74 Å². The number of halogens is 3. The molecule has 1 aromatic carbocycles. The van der Waals surface area contributed by atoms with Crippen molar-refractivity contribution in [2.45, 2.75) is 24.7 Å². The Bertz CT molecular complexity index is 1120. The number of nitrogens with one attached hydrogen (secondary N) is 1. The van der Waals surface area contributed by atoms with Crippen molar-refractivity contribution in [3.05, 3.63) is 48.7 Å². The topological polar surface area (TPSA) is 84.5 Å². The molecule has 0 bridgehead atoms. The molecule has 11 heteroatoms. The maximum absolute atomic E-state index is 13.7. The lowest BCUT2D eigenvalue weighted by molar-refractivity contribution is -0.270. The molecule has 3 heterocycles. The molecule has 0 radical (unpaired) electrons. The van der Waals surface area contributed by atoms with Crippen LogP contribution in [-0.4, -0.2) is 69.1 Å². The van der Waals surface area contributed by atoms with Gasteiger partial charge in [-0.05, 0) is 24.3 Å². The number of aryl methyl sites for hydroxylation is 1. The number of rotatable bonds is 7. The zero-order valence-corrected chi connectivity index (χ0v) is 18.2.